The monoisotopic (exact) mass is 366 g/mol. The molecule has 8 heteroatoms. The third-order valence-corrected chi connectivity index (χ3v) is 3.50. The number of carbonyl (C=O) groups is 3. The molecule has 144 valence electrons. The van der Waals surface area contributed by atoms with Gasteiger partial charge in [0.05, 0.1) is 13.2 Å². The van der Waals surface area contributed by atoms with E-state index in [4.69, 9.17) is 14.6 Å². The van der Waals surface area contributed by atoms with Gasteiger partial charge in [0.25, 0.3) is 0 Å². The second kappa shape index (κ2) is 12.7. The molecule has 0 radical (unpaired) electrons. The Morgan fingerprint density at radius 2 is 1.85 bits per heavy atom. The smallest absolute Gasteiger partial charge is 0.407 e. The van der Waals surface area contributed by atoms with Crippen molar-refractivity contribution >= 4 is 18.0 Å². The van der Waals surface area contributed by atoms with Crippen molar-refractivity contribution in [2.24, 2.45) is 0 Å². The molecule has 8 nitrogen and oxygen atoms in total. The van der Waals surface area contributed by atoms with E-state index in [1.54, 1.807) is 6.92 Å². The lowest BCUT2D eigenvalue weighted by molar-refractivity contribution is -0.143. The number of carboxylic acid groups (broad SMARTS) is 1. The topological polar surface area (TPSA) is 114 Å². The summed E-state index contributed by atoms with van der Waals surface area (Å²) < 4.78 is 9.81. The van der Waals surface area contributed by atoms with Crippen LogP contribution in [0.2, 0.25) is 0 Å². The zero-order valence-electron chi connectivity index (χ0n) is 14.9. The molecule has 1 unspecified atom stereocenters. The summed E-state index contributed by atoms with van der Waals surface area (Å²) in [5.74, 6) is -1.51. The minimum atomic E-state index is -1.02. The van der Waals surface area contributed by atoms with E-state index in [9.17, 15) is 14.4 Å². The maximum atomic E-state index is 11.6. The van der Waals surface area contributed by atoms with E-state index >= 15 is 0 Å². The number of unbranched alkanes of at least 4 members (excludes halogenated alkanes) is 1. The maximum absolute atomic E-state index is 11.6. The Labute approximate surface area is 152 Å². The van der Waals surface area contributed by atoms with E-state index in [1.807, 2.05) is 30.3 Å². The molecular formula is C18H26N2O6. The molecule has 1 amide bonds. The quantitative estimate of drug-likeness (QED) is 0.381. The number of aliphatic carboxylic acids is 1. The Morgan fingerprint density at radius 1 is 1.12 bits per heavy atom. The molecule has 0 heterocycles. The van der Waals surface area contributed by atoms with Gasteiger partial charge in [-0.15, -0.1) is 0 Å². The summed E-state index contributed by atoms with van der Waals surface area (Å²) in [6.45, 7) is 2.38. The van der Waals surface area contributed by atoms with Crippen LogP contribution in [0.1, 0.15) is 31.7 Å². The standard InChI is InChI=1S/C18H26N2O6/c1-2-25-16(21)12-20-15(17(22)23)10-6-7-11-19-18(24)26-13-14-8-4-3-5-9-14/h3-5,8-9,15,20H,2,6-7,10-13H2,1H3,(H,19,24)(H,22,23). The van der Waals surface area contributed by atoms with Crippen LogP contribution in [0, 0.1) is 0 Å². The maximum Gasteiger partial charge on any atom is 0.407 e. The Bertz CT molecular complexity index is 564. The summed E-state index contributed by atoms with van der Waals surface area (Å²) >= 11 is 0. The Hall–Kier alpha value is -2.61. The van der Waals surface area contributed by atoms with Gasteiger partial charge >= 0.3 is 18.0 Å². The largest absolute Gasteiger partial charge is 0.480 e. The number of rotatable bonds is 12. The van der Waals surface area contributed by atoms with Crippen LogP contribution in [-0.4, -0.2) is 48.9 Å². The second-order valence-electron chi connectivity index (χ2n) is 5.56. The molecule has 0 aromatic heterocycles. The van der Waals surface area contributed by atoms with E-state index in [0.29, 0.717) is 25.8 Å². The predicted octanol–water partition coefficient (Wildman–Crippen LogP) is 1.69. The first-order chi connectivity index (χ1) is 12.5. The van der Waals surface area contributed by atoms with Gasteiger partial charge in [-0.2, -0.15) is 0 Å². The average molecular weight is 366 g/mol. The first kappa shape index (κ1) is 21.4. The highest BCUT2D eigenvalue weighted by Crippen LogP contribution is 2.02. The summed E-state index contributed by atoms with van der Waals surface area (Å²) in [5, 5.41) is 14.4. The van der Waals surface area contributed by atoms with Crippen LogP contribution in [0.3, 0.4) is 0 Å². The molecular weight excluding hydrogens is 340 g/mol. The van der Waals surface area contributed by atoms with Crippen LogP contribution in [0.25, 0.3) is 0 Å². The van der Waals surface area contributed by atoms with Crippen LogP contribution in [0.15, 0.2) is 30.3 Å². The Balaban J connectivity index is 2.13. The fourth-order valence-corrected chi connectivity index (χ4v) is 2.17. The molecule has 0 bridgehead atoms. The van der Waals surface area contributed by atoms with Crippen LogP contribution >= 0.6 is 0 Å². The van der Waals surface area contributed by atoms with Crippen molar-refractivity contribution in [3.05, 3.63) is 35.9 Å². The summed E-state index contributed by atoms with van der Waals surface area (Å²) in [6.07, 6.45) is 1.01. The average Bonchev–Trinajstić information content (AvgIpc) is 2.63. The molecule has 1 rings (SSSR count). The molecule has 0 aliphatic carbocycles. The number of alkyl carbamates (subject to hydrolysis) is 1. The predicted molar refractivity (Wildman–Crippen MR) is 94.5 cm³/mol. The molecule has 0 saturated carbocycles. The first-order valence-corrected chi connectivity index (χ1v) is 8.59. The van der Waals surface area contributed by atoms with Crippen molar-refractivity contribution in [3.63, 3.8) is 0 Å². The zero-order chi connectivity index (χ0) is 19.2. The molecule has 3 N–H and O–H groups in total. The zero-order valence-corrected chi connectivity index (χ0v) is 14.9. The summed E-state index contributed by atoms with van der Waals surface area (Å²) in [5.41, 5.74) is 0.902. The van der Waals surface area contributed by atoms with Gasteiger partial charge in [0.15, 0.2) is 0 Å². The number of nitrogens with one attached hydrogen (secondary N) is 2. The third kappa shape index (κ3) is 9.63. The van der Waals surface area contributed by atoms with Crippen LogP contribution in [0.4, 0.5) is 4.79 Å². The van der Waals surface area contributed by atoms with Crippen molar-refractivity contribution in [1.82, 2.24) is 10.6 Å². The lowest BCUT2D eigenvalue weighted by Gasteiger charge is -2.14. The Kier molecular flexibility index (Phi) is 10.5. The van der Waals surface area contributed by atoms with Crippen molar-refractivity contribution in [2.45, 2.75) is 38.8 Å². The van der Waals surface area contributed by atoms with Crippen molar-refractivity contribution in [3.8, 4) is 0 Å². The molecule has 0 aliphatic rings. The highest BCUT2D eigenvalue weighted by atomic mass is 16.5. The normalized spacial score (nSPS) is 11.4. The summed E-state index contributed by atoms with van der Waals surface area (Å²) in [4.78, 5) is 34.0. The molecule has 0 spiro atoms. The van der Waals surface area contributed by atoms with Gasteiger partial charge < -0.3 is 19.9 Å². The number of hydrogen-bond acceptors (Lipinski definition) is 6. The minimum Gasteiger partial charge on any atom is -0.480 e. The van der Waals surface area contributed by atoms with E-state index in [2.05, 4.69) is 10.6 Å². The lowest BCUT2D eigenvalue weighted by Crippen LogP contribution is -2.40. The van der Waals surface area contributed by atoms with E-state index < -0.39 is 24.1 Å². The lowest BCUT2D eigenvalue weighted by atomic mass is 10.1. The van der Waals surface area contributed by atoms with Gasteiger partial charge in [0, 0.05) is 6.54 Å². The minimum absolute atomic E-state index is 0.144. The third-order valence-electron chi connectivity index (χ3n) is 3.50. The van der Waals surface area contributed by atoms with Gasteiger partial charge in [-0.25, -0.2) is 4.79 Å². The SMILES string of the molecule is CCOC(=O)CNC(CCCCNC(=O)OCc1ccccc1)C(=O)O. The number of hydrogen-bond donors (Lipinski definition) is 3. The second-order valence-corrected chi connectivity index (χ2v) is 5.56. The van der Waals surface area contributed by atoms with Gasteiger partial charge in [-0.1, -0.05) is 30.3 Å². The van der Waals surface area contributed by atoms with Crippen molar-refractivity contribution in [2.75, 3.05) is 19.7 Å². The van der Waals surface area contributed by atoms with Crippen LogP contribution in [0.5, 0.6) is 0 Å². The highest BCUT2D eigenvalue weighted by Gasteiger charge is 2.17. The van der Waals surface area contributed by atoms with Gasteiger partial charge in [-0.05, 0) is 31.7 Å². The molecule has 1 aromatic carbocycles. The molecule has 26 heavy (non-hydrogen) atoms. The number of carbonyl (C=O) groups excluding carboxylic acids is 2. The number of ether oxygens (including phenoxy) is 2. The van der Waals surface area contributed by atoms with E-state index in [-0.39, 0.29) is 19.8 Å². The van der Waals surface area contributed by atoms with E-state index in [0.717, 1.165) is 5.56 Å². The van der Waals surface area contributed by atoms with Crippen LogP contribution in [-0.2, 0) is 25.7 Å². The molecule has 0 fully saturated rings. The number of esters is 1. The Morgan fingerprint density at radius 3 is 2.50 bits per heavy atom. The molecule has 0 saturated heterocycles. The van der Waals surface area contributed by atoms with Crippen molar-refractivity contribution < 1.29 is 29.0 Å². The fourth-order valence-electron chi connectivity index (χ4n) is 2.17. The van der Waals surface area contributed by atoms with Gasteiger partial charge in [0.2, 0.25) is 0 Å². The van der Waals surface area contributed by atoms with Gasteiger partial charge in [0.1, 0.15) is 12.6 Å². The van der Waals surface area contributed by atoms with E-state index in [1.165, 1.54) is 0 Å². The number of amides is 1. The van der Waals surface area contributed by atoms with Crippen LogP contribution < -0.4 is 10.6 Å². The molecule has 1 aromatic rings. The number of carboxylic acids is 1. The summed E-state index contributed by atoms with van der Waals surface area (Å²) in [7, 11) is 0. The van der Waals surface area contributed by atoms with Gasteiger partial charge in [-0.3, -0.25) is 14.9 Å². The summed E-state index contributed by atoms with van der Waals surface area (Å²) in [6, 6.07) is 8.52. The highest BCUT2D eigenvalue weighted by molar-refractivity contribution is 5.76. The fraction of sp³-hybridized carbons (Fsp3) is 0.500. The van der Waals surface area contributed by atoms with Crippen molar-refractivity contribution in [1.29, 1.82) is 0 Å². The number of benzene rings is 1. The first-order valence-electron chi connectivity index (χ1n) is 8.59. The molecule has 1 atom stereocenters. The molecule has 0 aliphatic heterocycles.